The van der Waals surface area contributed by atoms with Crippen molar-refractivity contribution in [3.05, 3.63) is 35.9 Å². The molecule has 7 heteroatoms. The van der Waals surface area contributed by atoms with Crippen molar-refractivity contribution in [3.8, 4) is 0 Å². The number of rotatable bonds is 5. The molecule has 7 nitrogen and oxygen atoms in total. The molecule has 0 aliphatic carbocycles. The minimum atomic E-state index is -1.32. The fourth-order valence-corrected chi connectivity index (χ4v) is 3.29. The van der Waals surface area contributed by atoms with Gasteiger partial charge in [0.2, 0.25) is 5.91 Å². The van der Waals surface area contributed by atoms with E-state index in [0.717, 1.165) is 5.56 Å². The Morgan fingerprint density at radius 2 is 1.81 bits per heavy atom. The topological polar surface area (TPSA) is 95.9 Å². The zero-order valence-electron chi connectivity index (χ0n) is 16.3. The molecule has 1 aromatic carbocycles. The van der Waals surface area contributed by atoms with Crippen molar-refractivity contribution in [1.82, 2.24) is 10.2 Å². The van der Waals surface area contributed by atoms with Crippen LogP contribution in [0.25, 0.3) is 0 Å². The molecule has 0 aromatic heterocycles. The average Bonchev–Trinajstić information content (AvgIpc) is 3.02. The van der Waals surface area contributed by atoms with Gasteiger partial charge >= 0.3 is 12.1 Å². The van der Waals surface area contributed by atoms with E-state index in [1.807, 2.05) is 30.3 Å². The molecule has 2 amide bonds. The molecule has 1 aliphatic rings. The molecule has 148 valence electrons. The van der Waals surface area contributed by atoms with E-state index in [1.165, 1.54) is 4.90 Å². The number of benzene rings is 1. The number of alkyl carbamates (subject to hydrolysis) is 1. The Labute approximate surface area is 159 Å². The molecular weight excluding hydrogens is 348 g/mol. The molecule has 2 rings (SSSR count). The van der Waals surface area contributed by atoms with Gasteiger partial charge in [-0.2, -0.15) is 0 Å². The van der Waals surface area contributed by atoms with Crippen molar-refractivity contribution in [3.63, 3.8) is 0 Å². The van der Waals surface area contributed by atoms with Crippen molar-refractivity contribution in [2.45, 2.75) is 64.1 Å². The van der Waals surface area contributed by atoms with Gasteiger partial charge in [0.1, 0.15) is 17.2 Å². The Hall–Kier alpha value is -2.57. The quantitative estimate of drug-likeness (QED) is 0.823. The number of carboxylic acids is 1. The maximum atomic E-state index is 13.3. The molecule has 2 N–H and O–H groups in total. The Kier molecular flexibility index (Phi) is 6.13. The van der Waals surface area contributed by atoms with Crippen LogP contribution in [-0.2, 0) is 20.7 Å². The molecule has 1 aromatic rings. The summed E-state index contributed by atoms with van der Waals surface area (Å²) >= 11 is 0. The van der Waals surface area contributed by atoms with E-state index in [9.17, 15) is 19.5 Å². The van der Waals surface area contributed by atoms with Crippen LogP contribution in [0.3, 0.4) is 0 Å². The molecule has 0 bridgehead atoms. The second-order valence-corrected chi connectivity index (χ2v) is 8.12. The lowest BCUT2D eigenvalue weighted by atomic mass is 9.91. The van der Waals surface area contributed by atoms with Crippen molar-refractivity contribution >= 4 is 18.0 Å². The molecule has 1 heterocycles. The summed E-state index contributed by atoms with van der Waals surface area (Å²) < 4.78 is 5.32. The van der Waals surface area contributed by atoms with Crippen LogP contribution in [0, 0.1) is 0 Å². The first kappa shape index (κ1) is 20.7. The van der Waals surface area contributed by atoms with Crippen LogP contribution in [-0.4, -0.2) is 51.7 Å². The highest BCUT2D eigenvalue weighted by molar-refractivity contribution is 5.93. The summed E-state index contributed by atoms with van der Waals surface area (Å²) in [5.41, 5.74) is -1.17. The lowest BCUT2D eigenvalue weighted by Gasteiger charge is -2.35. The number of hydrogen-bond acceptors (Lipinski definition) is 4. The lowest BCUT2D eigenvalue weighted by molar-refractivity contribution is -0.150. The number of aliphatic carboxylic acids is 1. The van der Waals surface area contributed by atoms with Crippen LogP contribution in [0.15, 0.2) is 30.3 Å². The van der Waals surface area contributed by atoms with E-state index in [-0.39, 0.29) is 6.42 Å². The summed E-state index contributed by atoms with van der Waals surface area (Å²) in [7, 11) is 0. The standard InChI is InChI=1S/C20H28N2O5/c1-19(2,3)27-18(26)21-20(4,13-14-9-6-5-7-10-14)17(25)22-12-8-11-15(22)16(23)24/h5-7,9-10,15H,8,11-13H2,1-4H3,(H,21,26)(H,23,24)/t15-,20+/m0/s1. The Morgan fingerprint density at radius 3 is 2.37 bits per heavy atom. The molecule has 0 saturated carbocycles. The van der Waals surface area contributed by atoms with Gasteiger partial charge in [-0.1, -0.05) is 30.3 Å². The highest BCUT2D eigenvalue weighted by Gasteiger charge is 2.44. The Balaban J connectivity index is 2.29. The number of nitrogens with one attached hydrogen (secondary N) is 1. The van der Waals surface area contributed by atoms with E-state index in [1.54, 1.807) is 27.7 Å². The Morgan fingerprint density at radius 1 is 1.19 bits per heavy atom. The van der Waals surface area contributed by atoms with Gasteiger partial charge in [0.15, 0.2) is 0 Å². The fraction of sp³-hybridized carbons (Fsp3) is 0.550. The number of carbonyl (C=O) groups is 3. The molecule has 1 aliphatic heterocycles. The van der Waals surface area contributed by atoms with Crippen LogP contribution in [0.5, 0.6) is 0 Å². The van der Waals surface area contributed by atoms with Gasteiger partial charge in [-0.05, 0) is 46.1 Å². The third-order valence-electron chi connectivity index (χ3n) is 4.45. The first-order valence-electron chi connectivity index (χ1n) is 9.11. The van der Waals surface area contributed by atoms with E-state index in [2.05, 4.69) is 5.32 Å². The number of nitrogens with zero attached hydrogens (tertiary/aromatic N) is 1. The highest BCUT2D eigenvalue weighted by atomic mass is 16.6. The van der Waals surface area contributed by atoms with Crippen molar-refractivity contribution < 1.29 is 24.2 Å². The number of ether oxygens (including phenoxy) is 1. The summed E-state index contributed by atoms with van der Waals surface area (Å²) in [5.74, 6) is -1.44. The normalized spacial score (nSPS) is 19.3. The van der Waals surface area contributed by atoms with Crippen LogP contribution in [0.2, 0.25) is 0 Å². The largest absolute Gasteiger partial charge is 0.480 e. The zero-order chi connectivity index (χ0) is 20.2. The van der Waals surface area contributed by atoms with Gasteiger partial charge in [0, 0.05) is 13.0 Å². The number of hydrogen-bond donors (Lipinski definition) is 2. The maximum Gasteiger partial charge on any atom is 0.408 e. The molecular formula is C20H28N2O5. The van der Waals surface area contributed by atoms with Crippen molar-refractivity contribution in [2.24, 2.45) is 0 Å². The summed E-state index contributed by atoms with van der Waals surface area (Å²) in [5, 5.41) is 12.1. The van der Waals surface area contributed by atoms with Gasteiger partial charge in [-0.3, -0.25) is 4.79 Å². The van der Waals surface area contributed by atoms with E-state index in [4.69, 9.17) is 4.74 Å². The number of amides is 2. The van der Waals surface area contributed by atoms with E-state index < -0.39 is 35.2 Å². The molecule has 1 fully saturated rings. The SMILES string of the molecule is CC(C)(C)OC(=O)N[C@](C)(Cc1ccccc1)C(=O)N1CCC[C@H]1C(=O)O. The molecule has 0 radical (unpaired) electrons. The monoisotopic (exact) mass is 376 g/mol. The number of carbonyl (C=O) groups excluding carboxylic acids is 2. The fourth-order valence-electron chi connectivity index (χ4n) is 3.29. The van der Waals surface area contributed by atoms with Gasteiger partial charge in [-0.25, -0.2) is 9.59 Å². The summed E-state index contributed by atoms with van der Waals surface area (Å²) in [6, 6.07) is 8.42. The van der Waals surface area contributed by atoms with Crippen LogP contribution in [0.4, 0.5) is 4.79 Å². The first-order chi connectivity index (χ1) is 12.5. The number of carboxylic acid groups (broad SMARTS) is 1. The summed E-state index contributed by atoms with van der Waals surface area (Å²) in [4.78, 5) is 38.5. The smallest absolute Gasteiger partial charge is 0.408 e. The van der Waals surface area contributed by atoms with Crippen LogP contribution in [0.1, 0.15) is 46.1 Å². The van der Waals surface area contributed by atoms with Crippen LogP contribution >= 0.6 is 0 Å². The second-order valence-electron chi connectivity index (χ2n) is 8.12. The minimum Gasteiger partial charge on any atom is -0.480 e. The lowest BCUT2D eigenvalue weighted by Crippen LogP contribution is -2.61. The molecule has 0 spiro atoms. The average molecular weight is 376 g/mol. The summed E-state index contributed by atoms with van der Waals surface area (Å²) in [6.07, 6.45) is 0.556. The third-order valence-corrected chi connectivity index (χ3v) is 4.45. The van der Waals surface area contributed by atoms with Gasteiger partial charge in [0.05, 0.1) is 0 Å². The zero-order valence-corrected chi connectivity index (χ0v) is 16.3. The van der Waals surface area contributed by atoms with Gasteiger partial charge in [-0.15, -0.1) is 0 Å². The Bertz CT molecular complexity index is 698. The highest BCUT2D eigenvalue weighted by Crippen LogP contribution is 2.25. The predicted octanol–water partition coefficient (Wildman–Crippen LogP) is 2.59. The van der Waals surface area contributed by atoms with E-state index >= 15 is 0 Å². The number of likely N-dealkylation sites (tertiary alicyclic amines) is 1. The first-order valence-corrected chi connectivity index (χ1v) is 9.11. The van der Waals surface area contributed by atoms with E-state index in [0.29, 0.717) is 19.4 Å². The summed E-state index contributed by atoms with van der Waals surface area (Å²) in [6.45, 7) is 7.19. The van der Waals surface area contributed by atoms with Crippen molar-refractivity contribution in [2.75, 3.05) is 6.54 Å². The van der Waals surface area contributed by atoms with Crippen LogP contribution < -0.4 is 5.32 Å². The molecule has 1 saturated heterocycles. The molecule has 0 unspecified atom stereocenters. The predicted molar refractivity (Wildman–Crippen MR) is 100 cm³/mol. The van der Waals surface area contributed by atoms with Gasteiger partial charge < -0.3 is 20.1 Å². The van der Waals surface area contributed by atoms with Crippen molar-refractivity contribution in [1.29, 1.82) is 0 Å². The third kappa shape index (κ3) is 5.45. The molecule has 27 heavy (non-hydrogen) atoms. The maximum absolute atomic E-state index is 13.3. The second kappa shape index (κ2) is 7.98. The minimum absolute atomic E-state index is 0.231. The van der Waals surface area contributed by atoms with Gasteiger partial charge in [0.25, 0.3) is 0 Å². The molecule has 2 atom stereocenters.